The maximum absolute atomic E-state index is 12.2. The Balaban J connectivity index is 2.65. The SMILES string of the molecule is CCC(CC)C(C)C(=O)Nc1ccc(C(=O)NCC(=O)O)cc1. The van der Waals surface area contributed by atoms with Crippen molar-refractivity contribution in [3.05, 3.63) is 29.8 Å². The van der Waals surface area contributed by atoms with Crippen LogP contribution in [0.25, 0.3) is 0 Å². The van der Waals surface area contributed by atoms with E-state index in [1.54, 1.807) is 24.3 Å². The Kier molecular flexibility index (Phi) is 7.25. The monoisotopic (exact) mass is 320 g/mol. The van der Waals surface area contributed by atoms with Gasteiger partial charge in [-0.1, -0.05) is 33.6 Å². The van der Waals surface area contributed by atoms with Crippen molar-refractivity contribution in [1.29, 1.82) is 0 Å². The predicted molar refractivity (Wildman–Crippen MR) is 88.3 cm³/mol. The topological polar surface area (TPSA) is 95.5 Å². The predicted octanol–water partition coefficient (Wildman–Crippen LogP) is 2.51. The molecule has 3 N–H and O–H groups in total. The van der Waals surface area contributed by atoms with Gasteiger partial charge < -0.3 is 15.7 Å². The molecule has 0 saturated heterocycles. The van der Waals surface area contributed by atoms with Crippen molar-refractivity contribution in [2.24, 2.45) is 11.8 Å². The number of carboxylic acids is 1. The first-order valence-electron chi connectivity index (χ1n) is 7.79. The summed E-state index contributed by atoms with van der Waals surface area (Å²) in [6.07, 6.45) is 1.90. The van der Waals surface area contributed by atoms with E-state index in [0.717, 1.165) is 12.8 Å². The van der Waals surface area contributed by atoms with Gasteiger partial charge in [0.05, 0.1) is 0 Å². The average Bonchev–Trinajstić information content (AvgIpc) is 2.54. The molecule has 0 fully saturated rings. The molecular weight excluding hydrogens is 296 g/mol. The summed E-state index contributed by atoms with van der Waals surface area (Å²) < 4.78 is 0. The molecule has 1 aromatic carbocycles. The molecule has 6 nitrogen and oxygen atoms in total. The van der Waals surface area contributed by atoms with E-state index in [1.807, 2.05) is 6.92 Å². The van der Waals surface area contributed by atoms with Gasteiger partial charge in [0, 0.05) is 17.2 Å². The molecule has 0 spiro atoms. The van der Waals surface area contributed by atoms with E-state index in [2.05, 4.69) is 24.5 Å². The van der Waals surface area contributed by atoms with Crippen molar-refractivity contribution in [2.45, 2.75) is 33.6 Å². The number of nitrogens with one attached hydrogen (secondary N) is 2. The zero-order chi connectivity index (χ0) is 17.4. The number of aliphatic carboxylic acids is 1. The van der Waals surface area contributed by atoms with Crippen LogP contribution in [0.4, 0.5) is 5.69 Å². The molecule has 1 atom stereocenters. The fourth-order valence-corrected chi connectivity index (χ4v) is 2.43. The summed E-state index contributed by atoms with van der Waals surface area (Å²) in [5.41, 5.74) is 0.958. The van der Waals surface area contributed by atoms with Crippen LogP contribution in [0.1, 0.15) is 44.0 Å². The third kappa shape index (κ3) is 5.73. The minimum absolute atomic E-state index is 0.0400. The second-order valence-electron chi connectivity index (χ2n) is 5.51. The summed E-state index contributed by atoms with van der Waals surface area (Å²) in [6, 6.07) is 6.36. The zero-order valence-corrected chi connectivity index (χ0v) is 13.8. The van der Waals surface area contributed by atoms with Crippen LogP contribution in [0, 0.1) is 11.8 Å². The fourth-order valence-electron chi connectivity index (χ4n) is 2.43. The second-order valence-corrected chi connectivity index (χ2v) is 5.51. The number of hydrogen-bond donors (Lipinski definition) is 3. The average molecular weight is 320 g/mol. The molecule has 0 aromatic heterocycles. The number of hydrogen-bond acceptors (Lipinski definition) is 3. The lowest BCUT2D eigenvalue weighted by atomic mass is 9.88. The maximum atomic E-state index is 12.2. The number of anilines is 1. The van der Waals surface area contributed by atoms with Gasteiger partial charge in [-0.3, -0.25) is 14.4 Å². The summed E-state index contributed by atoms with van der Waals surface area (Å²) in [5, 5.41) is 13.7. The van der Waals surface area contributed by atoms with E-state index in [9.17, 15) is 14.4 Å². The zero-order valence-electron chi connectivity index (χ0n) is 13.8. The number of carbonyl (C=O) groups excluding carboxylic acids is 2. The van der Waals surface area contributed by atoms with Crippen molar-refractivity contribution in [2.75, 3.05) is 11.9 Å². The Morgan fingerprint density at radius 2 is 1.65 bits per heavy atom. The van der Waals surface area contributed by atoms with E-state index < -0.39 is 18.4 Å². The van der Waals surface area contributed by atoms with Gasteiger partial charge in [-0.25, -0.2) is 0 Å². The molecule has 0 aliphatic carbocycles. The molecule has 1 rings (SSSR count). The molecule has 1 aromatic rings. The highest BCUT2D eigenvalue weighted by Crippen LogP contribution is 2.21. The van der Waals surface area contributed by atoms with Gasteiger partial charge in [-0.05, 0) is 30.2 Å². The van der Waals surface area contributed by atoms with Gasteiger partial charge in [-0.15, -0.1) is 0 Å². The Bertz CT molecular complexity index is 550. The molecule has 0 heterocycles. The quantitative estimate of drug-likeness (QED) is 0.686. The van der Waals surface area contributed by atoms with Crippen LogP contribution in [0.5, 0.6) is 0 Å². The molecule has 0 saturated carbocycles. The number of carbonyl (C=O) groups is 3. The van der Waals surface area contributed by atoms with Crippen LogP contribution < -0.4 is 10.6 Å². The highest BCUT2D eigenvalue weighted by atomic mass is 16.4. The first kappa shape index (κ1) is 18.7. The highest BCUT2D eigenvalue weighted by Gasteiger charge is 2.21. The van der Waals surface area contributed by atoms with Crippen molar-refractivity contribution in [1.82, 2.24) is 5.32 Å². The highest BCUT2D eigenvalue weighted by molar-refractivity contribution is 5.97. The third-order valence-electron chi connectivity index (χ3n) is 3.98. The molecular formula is C17H24N2O4. The summed E-state index contributed by atoms with van der Waals surface area (Å²) in [6.45, 7) is 5.63. The smallest absolute Gasteiger partial charge is 0.322 e. The van der Waals surface area contributed by atoms with E-state index in [0.29, 0.717) is 17.2 Å². The first-order valence-corrected chi connectivity index (χ1v) is 7.79. The number of benzene rings is 1. The lowest BCUT2D eigenvalue weighted by Crippen LogP contribution is -2.29. The van der Waals surface area contributed by atoms with E-state index in [-0.39, 0.29) is 11.8 Å². The first-order chi connectivity index (χ1) is 10.9. The van der Waals surface area contributed by atoms with Gasteiger partial charge >= 0.3 is 5.97 Å². The van der Waals surface area contributed by atoms with Gasteiger partial charge in [0.25, 0.3) is 5.91 Å². The number of rotatable bonds is 8. The largest absolute Gasteiger partial charge is 0.480 e. The van der Waals surface area contributed by atoms with Gasteiger partial charge in [-0.2, -0.15) is 0 Å². The van der Waals surface area contributed by atoms with Crippen LogP contribution in [0.15, 0.2) is 24.3 Å². The minimum Gasteiger partial charge on any atom is -0.480 e. The summed E-state index contributed by atoms with van der Waals surface area (Å²) in [5.74, 6) is -1.34. The molecule has 2 amide bonds. The van der Waals surface area contributed by atoms with Gasteiger partial charge in [0.1, 0.15) is 6.54 Å². The summed E-state index contributed by atoms with van der Waals surface area (Å²) in [4.78, 5) is 34.3. The van der Waals surface area contributed by atoms with Crippen molar-refractivity contribution < 1.29 is 19.5 Å². The molecule has 1 unspecified atom stereocenters. The van der Waals surface area contributed by atoms with Crippen molar-refractivity contribution >= 4 is 23.5 Å². The molecule has 0 bridgehead atoms. The number of carboxylic acid groups (broad SMARTS) is 1. The molecule has 0 aliphatic rings. The molecule has 0 radical (unpaired) electrons. The normalized spacial score (nSPS) is 11.8. The standard InChI is InChI=1S/C17H24N2O4/c1-4-12(5-2)11(3)16(22)19-14-8-6-13(7-9-14)17(23)18-10-15(20)21/h6-9,11-12H,4-5,10H2,1-3H3,(H,18,23)(H,19,22)(H,20,21). The molecule has 126 valence electrons. The summed E-state index contributed by atoms with van der Waals surface area (Å²) >= 11 is 0. The Hall–Kier alpha value is -2.37. The maximum Gasteiger partial charge on any atom is 0.322 e. The van der Waals surface area contributed by atoms with Crippen molar-refractivity contribution in [3.63, 3.8) is 0 Å². The second kappa shape index (κ2) is 8.92. The molecule has 0 aliphatic heterocycles. The van der Waals surface area contributed by atoms with Crippen LogP contribution >= 0.6 is 0 Å². The van der Waals surface area contributed by atoms with Crippen LogP contribution in [0.3, 0.4) is 0 Å². The fraction of sp³-hybridized carbons (Fsp3) is 0.471. The Morgan fingerprint density at radius 3 is 2.13 bits per heavy atom. The third-order valence-corrected chi connectivity index (χ3v) is 3.98. The van der Waals surface area contributed by atoms with Crippen LogP contribution in [-0.4, -0.2) is 29.4 Å². The van der Waals surface area contributed by atoms with Crippen LogP contribution in [-0.2, 0) is 9.59 Å². The van der Waals surface area contributed by atoms with Gasteiger partial charge in [0.15, 0.2) is 0 Å². The summed E-state index contributed by atoms with van der Waals surface area (Å²) in [7, 11) is 0. The lowest BCUT2D eigenvalue weighted by molar-refractivity contribution is -0.135. The number of amides is 2. The van der Waals surface area contributed by atoms with Gasteiger partial charge in [0.2, 0.25) is 5.91 Å². The molecule has 6 heteroatoms. The Morgan fingerprint density at radius 1 is 1.09 bits per heavy atom. The Labute approximate surface area is 136 Å². The van der Waals surface area contributed by atoms with E-state index >= 15 is 0 Å². The van der Waals surface area contributed by atoms with E-state index in [1.165, 1.54) is 0 Å². The molecule has 23 heavy (non-hydrogen) atoms. The van der Waals surface area contributed by atoms with Crippen LogP contribution in [0.2, 0.25) is 0 Å². The van der Waals surface area contributed by atoms with E-state index in [4.69, 9.17) is 5.11 Å². The lowest BCUT2D eigenvalue weighted by Gasteiger charge is -2.20. The van der Waals surface area contributed by atoms with Crippen molar-refractivity contribution in [3.8, 4) is 0 Å². The minimum atomic E-state index is -1.10.